The Morgan fingerprint density at radius 3 is 1.60 bits per heavy atom. The molecule has 0 radical (unpaired) electrons. The number of aryl methyl sites for hydroxylation is 3. The molecule has 0 atom stereocenters. The molecule has 0 saturated heterocycles. The van der Waals surface area contributed by atoms with Gasteiger partial charge in [-0.05, 0) is 61.2 Å². The highest BCUT2D eigenvalue weighted by Gasteiger charge is 2.18. The Kier molecular flexibility index (Phi) is 7.97. The van der Waals surface area contributed by atoms with E-state index in [4.69, 9.17) is 0 Å². The van der Waals surface area contributed by atoms with Gasteiger partial charge in [-0.25, -0.2) is 0 Å². The normalized spacial score (nSPS) is 11.4. The van der Waals surface area contributed by atoms with Gasteiger partial charge < -0.3 is 10.0 Å². The van der Waals surface area contributed by atoms with E-state index in [1.807, 2.05) is 12.1 Å². The van der Waals surface area contributed by atoms with Crippen LogP contribution in [0.5, 0.6) is 0 Å². The van der Waals surface area contributed by atoms with Crippen molar-refractivity contribution in [2.75, 3.05) is 4.90 Å². The molecule has 0 heterocycles. The molecule has 0 aliphatic rings. The van der Waals surface area contributed by atoms with Crippen LogP contribution < -0.4 is 4.90 Å². The summed E-state index contributed by atoms with van der Waals surface area (Å²) in [4.78, 5) is 2.26. The predicted molar refractivity (Wildman–Crippen MR) is 150 cm³/mol. The van der Waals surface area contributed by atoms with Crippen LogP contribution in [0.3, 0.4) is 0 Å². The Morgan fingerprint density at radius 1 is 0.629 bits per heavy atom. The molecule has 4 aromatic rings. The first kappa shape index (κ1) is 24.3. The number of anilines is 3. The number of aliphatic hydroxyl groups is 1. The fourth-order valence-corrected chi connectivity index (χ4v) is 4.19. The van der Waals surface area contributed by atoms with Crippen LogP contribution in [0, 0.1) is 13.8 Å². The van der Waals surface area contributed by atoms with Crippen LogP contribution in [-0.4, -0.2) is 5.11 Å². The van der Waals surface area contributed by atoms with Crippen molar-refractivity contribution in [3.8, 4) is 0 Å². The molecule has 0 fully saturated rings. The van der Waals surface area contributed by atoms with E-state index in [-0.39, 0.29) is 6.61 Å². The summed E-state index contributed by atoms with van der Waals surface area (Å²) in [6.07, 6.45) is 9.26. The van der Waals surface area contributed by atoms with Crippen LogP contribution >= 0.6 is 0 Å². The van der Waals surface area contributed by atoms with E-state index in [2.05, 4.69) is 129 Å². The predicted octanol–water partition coefficient (Wildman–Crippen LogP) is 8.55. The first-order valence-corrected chi connectivity index (χ1v) is 12.2. The number of aliphatic hydroxyl groups excluding tert-OH is 1. The van der Waals surface area contributed by atoms with E-state index in [0.717, 1.165) is 34.6 Å². The molecule has 0 unspecified atom stereocenters. The number of hydrogen-bond acceptors (Lipinski definition) is 2. The molecule has 0 aromatic heterocycles. The molecule has 1 N–H and O–H groups in total. The minimum Gasteiger partial charge on any atom is -0.392 e. The van der Waals surface area contributed by atoms with Crippen LogP contribution in [-0.2, 0) is 13.0 Å². The van der Waals surface area contributed by atoms with Crippen molar-refractivity contribution in [2.45, 2.75) is 33.8 Å². The summed E-state index contributed by atoms with van der Waals surface area (Å²) in [5.41, 5.74) is 10.2. The van der Waals surface area contributed by atoms with Gasteiger partial charge >= 0.3 is 0 Å². The van der Waals surface area contributed by atoms with Gasteiger partial charge in [0.2, 0.25) is 0 Å². The third kappa shape index (κ3) is 5.98. The van der Waals surface area contributed by atoms with E-state index in [0.29, 0.717) is 0 Å². The molecule has 4 rings (SSSR count). The highest BCUT2D eigenvalue weighted by Crippen LogP contribution is 2.39. The number of nitrogens with zero attached hydrogens (tertiary/aromatic N) is 1. The topological polar surface area (TPSA) is 23.5 Å². The largest absolute Gasteiger partial charge is 0.392 e. The second kappa shape index (κ2) is 11.5. The lowest BCUT2D eigenvalue weighted by atomic mass is 10.0. The van der Waals surface area contributed by atoms with Gasteiger partial charge in [0.1, 0.15) is 0 Å². The summed E-state index contributed by atoms with van der Waals surface area (Å²) in [5, 5.41) is 10.1. The van der Waals surface area contributed by atoms with Crippen molar-refractivity contribution in [1.29, 1.82) is 0 Å². The zero-order valence-corrected chi connectivity index (χ0v) is 20.8. The van der Waals surface area contributed by atoms with E-state index >= 15 is 0 Å². The lowest BCUT2D eigenvalue weighted by molar-refractivity contribution is 0.282. The molecule has 0 saturated carbocycles. The minimum atomic E-state index is -0.000324. The Hall–Kier alpha value is -3.88. The summed E-state index contributed by atoms with van der Waals surface area (Å²) in [7, 11) is 0. The standard InChI is InChI=1S/C33H33NO/c1-4-29-10-7-11-30(24-35)33(29)34(31-20-14-26(3)15-21-31)32-22-18-28(19-23-32)9-6-5-8-27-16-12-25(2)13-17-27/h5-23,35H,4,24H2,1-3H3/b8-5+,9-6+. The van der Waals surface area contributed by atoms with Gasteiger partial charge in [0.05, 0.1) is 12.3 Å². The van der Waals surface area contributed by atoms with Crippen LogP contribution in [0.25, 0.3) is 12.2 Å². The fourth-order valence-electron chi connectivity index (χ4n) is 4.19. The SMILES string of the molecule is CCc1cccc(CO)c1N(c1ccc(C)cc1)c1ccc(/C=C/C=C/c2ccc(C)cc2)cc1. The van der Waals surface area contributed by atoms with Crippen molar-refractivity contribution in [2.24, 2.45) is 0 Å². The van der Waals surface area contributed by atoms with E-state index < -0.39 is 0 Å². The molecule has 2 nitrogen and oxygen atoms in total. The lowest BCUT2D eigenvalue weighted by Crippen LogP contribution is -2.14. The molecule has 0 bridgehead atoms. The average Bonchev–Trinajstić information content (AvgIpc) is 2.89. The number of para-hydroxylation sites is 1. The van der Waals surface area contributed by atoms with Crippen molar-refractivity contribution >= 4 is 29.2 Å². The highest BCUT2D eigenvalue weighted by atomic mass is 16.3. The monoisotopic (exact) mass is 459 g/mol. The number of rotatable bonds is 8. The summed E-state index contributed by atoms with van der Waals surface area (Å²) < 4.78 is 0. The highest BCUT2D eigenvalue weighted by molar-refractivity contribution is 5.81. The van der Waals surface area contributed by atoms with Crippen LogP contribution in [0.1, 0.15) is 40.3 Å². The van der Waals surface area contributed by atoms with Crippen molar-refractivity contribution in [3.63, 3.8) is 0 Å². The van der Waals surface area contributed by atoms with Crippen molar-refractivity contribution in [3.05, 3.63) is 137 Å². The Labute approximate surface area is 209 Å². The zero-order valence-electron chi connectivity index (χ0n) is 20.8. The summed E-state index contributed by atoms with van der Waals surface area (Å²) in [5.74, 6) is 0. The first-order valence-electron chi connectivity index (χ1n) is 12.2. The van der Waals surface area contributed by atoms with E-state index in [1.54, 1.807) is 0 Å². The molecular formula is C33H33NO. The smallest absolute Gasteiger partial charge is 0.0702 e. The van der Waals surface area contributed by atoms with Crippen LogP contribution in [0.4, 0.5) is 17.1 Å². The van der Waals surface area contributed by atoms with E-state index in [1.165, 1.54) is 22.3 Å². The maximum atomic E-state index is 10.1. The molecule has 4 aromatic carbocycles. The van der Waals surface area contributed by atoms with Gasteiger partial charge in [-0.2, -0.15) is 0 Å². The molecule has 176 valence electrons. The fraction of sp³-hybridized carbons (Fsp3) is 0.152. The molecule has 35 heavy (non-hydrogen) atoms. The van der Waals surface area contributed by atoms with Gasteiger partial charge in [0, 0.05) is 16.9 Å². The van der Waals surface area contributed by atoms with Crippen LogP contribution in [0.2, 0.25) is 0 Å². The van der Waals surface area contributed by atoms with Crippen LogP contribution in [0.15, 0.2) is 103 Å². The van der Waals surface area contributed by atoms with Gasteiger partial charge in [0.25, 0.3) is 0 Å². The Morgan fingerprint density at radius 2 is 1.09 bits per heavy atom. The molecule has 0 amide bonds. The number of benzene rings is 4. The lowest BCUT2D eigenvalue weighted by Gasteiger charge is -2.29. The number of hydrogen-bond donors (Lipinski definition) is 1. The van der Waals surface area contributed by atoms with Gasteiger partial charge in [-0.3, -0.25) is 0 Å². The maximum Gasteiger partial charge on any atom is 0.0702 e. The Bertz CT molecular complexity index is 1270. The summed E-state index contributed by atoms with van der Waals surface area (Å²) >= 11 is 0. The maximum absolute atomic E-state index is 10.1. The molecular weight excluding hydrogens is 426 g/mol. The Balaban J connectivity index is 1.65. The van der Waals surface area contributed by atoms with Crippen molar-refractivity contribution in [1.82, 2.24) is 0 Å². The molecule has 0 aliphatic carbocycles. The number of allylic oxidation sites excluding steroid dienone is 2. The second-order valence-electron chi connectivity index (χ2n) is 8.83. The second-order valence-corrected chi connectivity index (χ2v) is 8.83. The molecule has 2 heteroatoms. The molecule has 0 spiro atoms. The minimum absolute atomic E-state index is 0.000324. The zero-order chi connectivity index (χ0) is 24.6. The third-order valence-corrected chi connectivity index (χ3v) is 6.19. The quantitative estimate of drug-likeness (QED) is 0.267. The summed E-state index contributed by atoms with van der Waals surface area (Å²) in [6, 6.07) is 31.8. The average molecular weight is 460 g/mol. The van der Waals surface area contributed by atoms with Gasteiger partial charge in [-0.1, -0.05) is 109 Å². The summed E-state index contributed by atoms with van der Waals surface area (Å²) in [6.45, 7) is 6.36. The van der Waals surface area contributed by atoms with E-state index in [9.17, 15) is 5.11 Å². The first-order chi connectivity index (χ1) is 17.1. The molecule has 0 aliphatic heterocycles. The van der Waals surface area contributed by atoms with Crippen molar-refractivity contribution < 1.29 is 5.11 Å². The van der Waals surface area contributed by atoms with Gasteiger partial charge in [-0.15, -0.1) is 0 Å². The van der Waals surface area contributed by atoms with Gasteiger partial charge in [0.15, 0.2) is 0 Å². The third-order valence-electron chi connectivity index (χ3n) is 6.19.